The molecule has 1 aromatic rings. The molecule has 0 aromatic heterocycles. The molecule has 12 heteroatoms. The van der Waals surface area contributed by atoms with Gasteiger partial charge in [0.25, 0.3) is 0 Å². The summed E-state index contributed by atoms with van der Waals surface area (Å²) in [5.74, 6) is -6.72. The van der Waals surface area contributed by atoms with E-state index in [2.05, 4.69) is 5.32 Å². The number of Topliss-reactive ketones (excluding diaryl/α,β-unsaturated/α-hetero) is 2. The first-order chi connectivity index (χ1) is 15.9. The standard InChI is InChI=1S/C22H28FN3O8/c1-12(2)18(26(22(33)34)11-14-7-5-4-6-8-14)21(32)24-13(3)20(31)25-15(9-17(28)29)19(30)16(27)10-23/h4-8,12-13,15,18H,9-11H2,1-3H3,(H,24,32)(H,25,31)(H,28,29)(H,33,34)/t13-,15-,18-/m0/s1. The monoisotopic (exact) mass is 481 g/mol. The number of amides is 3. The van der Waals surface area contributed by atoms with Gasteiger partial charge in [-0.1, -0.05) is 44.2 Å². The van der Waals surface area contributed by atoms with Crippen LogP contribution in [0.3, 0.4) is 0 Å². The van der Waals surface area contributed by atoms with E-state index >= 15 is 0 Å². The summed E-state index contributed by atoms with van der Waals surface area (Å²) in [7, 11) is 0. The number of alkyl halides is 1. The SMILES string of the molecule is CC(C)[C@@H](C(=O)N[C@@H](C)C(=O)N[C@@H](CC(=O)O)C(=O)C(=O)CF)N(Cc1ccccc1)C(=O)O. The summed E-state index contributed by atoms with van der Waals surface area (Å²) in [4.78, 5) is 72.4. The molecule has 1 rings (SSSR count). The summed E-state index contributed by atoms with van der Waals surface area (Å²) < 4.78 is 12.5. The summed E-state index contributed by atoms with van der Waals surface area (Å²) >= 11 is 0. The predicted octanol–water partition coefficient (Wildman–Crippen LogP) is 0.763. The van der Waals surface area contributed by atoms with Crippen molar-refractivity contribution >= 4 is 35.4 Å². The van der Waals surface area contributed by atoms with Crippen molar-refractivity contribution in [1.82, 2.24) is 15.5 Å². The molecule has 3 amide bonds. The molecular formula is C22H28FN3O8. The van der Waals surface area contributed by atoms with Crippen LogP contribution in [-0.4, -0.2) is 75.4 Å². The Morgan fingerprint density at radius 3 is 2.00 bits per heavy atom. The van der Waals surface area contributed by atoms with E-state index in [-0.39, 0.29) is 6.54 Å². The van der Waals surface area contributed by atoms with E-state index in [0.717, 1.165) is 4.90 Å². The average molecular weight is 481 g/mol. The van der Waals surface area contributed by atoms with Crippen LogP contribution in [0, 0.1) is 5.92 Å². The molecule has 0 radical (unpaired) electrons. The number of ketones is 2. The summed E-state index contributed by atoms with van der Waals surface area (Å²) in [6.45, 7) is 2.74. The molecule has 3 atom stereocenters. The molecule has 0 aliphatic carbocycles. The molecule has 11 nitrogen and oxygen atoms in total. The maximum atomic E-state index is 12.9. The fourth-order valence-electron chi connectivity index (χ4n) is 3.17. The Bertz CT molecular complexity index is 922. The lowest BCUT2D eigenvalue weighted by atomic mass is 10.0. The van der Waals surface area contributed by atoms with E-state index < -0.39 is 72.6 Å². The molecule has 1 aromatic carbocycles. The molecule has 0 aliphatic rings. The van der Waals surface area contributed by atoms with E-state index in [1.165, 1.54) is 6.92 Å². The Labute approximate surface area is 195 Å². The molecule has 4 N–H and O–H groups in total. The largest absolute Gasteiger partial charge is 0.481 e. The van der Waals surface area contributed by atoms with E-state index in [0.29, 0.717) is 5.56 Å². The van der Waals surface area contributed by atoms with Gasteiger partial charge in [-0.2, -0.15) is 0 Å². The summed E-state index contributed by atoms with van der Waals surface area (Å²) in [5, 5.41) is 23.0. The molecule has 0 aliphatic heterocycles. The molecule has 0 unspecified atom stereocenters. The Hall–Kier alpha value is -3.83. The Morgan fingerprint density at radius 1 is 0.941 bits per heavy atom. The number of carboxylic acids is 1. The molecule has 0 spiro atoms. The minimum Gasteiger partial charge on any atom is -0.481 e. The number of hydrogen-bond donors (Lipinski definition) is 4. The van der Waals surface area contributed by atoms with Gasteiger partial charge in [-0.15, -0.1) is 0 Å². The third-order valence-electron chi connectivity index (χ3n) is 4.84. The van der Waals surface area contributed by atoms with Crippen molar-refractivity contribution in [3.05, 3.63) is 35.9 Å². The average Bonchev–Trinajstić information content (AvgIpc) is 2.76. The van der Waals surface area contributed by atoms with Crippen LogP contribution in [0.5, 0.6) is 0 Å². The number of halogens is 1. The summed E-state index contributed by atoms with van der Waals surface area (Å²) in [6.07, 6.45) is -2.32. The topological polar surface area (TPSA) is 170 Å². The number of carbonyl (C=O) groups is 6. The van der Waals surface area contributed by atoms with Crippen LogP contribution in [0.1, 0.15) is 32.8 Å². The maximum Gasteiger partial charge on any atom is 0.408 e. The van der Waals surface area contributed by atoms with E-state index in [1.807, 2.05) is 5.32 Å². The third kappa shape index (κ3) is 8.26. The van der Waals surface area contributed by atoms with Crippen LogP contribution in [0.15, 0.2) is 30.3 Å². The quantitative estimate of drug-likeness (QED) is 0.299. The number of nitrogens with one attached hydrogen (secondary N) is 2. The number of benzene rings is 1. The number of nitrogens with zero attached hydrogens (tertiary/aromatic N) is 1. The second-order valence-corrected chi connectivity index (χ2v) is 7.90. The molecule has 0 saturated carbocycles. The van der Waals surface area contributed by atoms with Crippen molar-refractivity contribution in [2.45, 2.75) is 51.9 Å². The van der Waals surface area contributed by atoms with Crippen molar-refractivity contribution in [1.29, 1.82) is 0 Å². The number of hydrogen-bond acceptors (Lipinski definition) is 6. The third-order valence-corrected chi connectivity index (χ3v) is 4.84. The molecule has 34 heavy (non-hydrogen) atoms. The lowest BCUT2D eigenvalue weighted by molar-refractivity contribution is -0.143. The second-order valence-electron chi connectivity index (χ2n) is 7.90. The molecular weight excluding hydrogens is 453 g/mol. The van der Waals surface area contributed by atoms with Gasteiger partial charge in [0.05, 0.1) is 6.42 Å². The fourth-order valence-corrected chi connectivity index (χ4v) is 3.17. The molecule has 0 heterocycles. The first-order valence-electron chi connectivity index (χ1n) is 10.4. The van der Waals surface area contributed by atoms with Gasteiger partial charge in [0, 0.05) is 6.54 Å². The lowest BCUT2D eigenvalue weighted by Gasteiger charge is -2.32. The normalized spacial score (nSPS) is 13.3. The number of aliphatic carboxylic acids is 1. The van der Waals surface area contributed by atoms with Crippen LogP contribution in [0.2, 0.25) is 0 Å². The zero-order valence-corrected chi connectivity index (χ0v) is 19.0. The first-order valence-corrected chi connectivity index (χ1v) is 10.4. The van der Waals surface area contributed by atoms with Crippen molar-refractivity contribution in [3.8, 4) is 0 Å². The van der Waals surface area contributed by atoms with E-state index in [1.54, 1.807) is 44.2 Å². The minimum atomic E-state index is -1.82. The van der Waals surface area contributed by atoms with Gasteiger partial charge in [-0.05, 0) is 18.4 Å². The zero-order chi connectivity index (χ0) is 26.0. The van der Waals surface area contributed by atoms with Crippen LogP contribution in [-0.2, 0) is 30.5 Å². The van der Waals surface area contributed by atoms with E-state index in [4.69, 9.17) is 5.11 Å². The van der Waals surface area contributed by atoms with Crippen LogP contribution in [0.25, 0.3) is 0 Å². The lowest BCUT2D eigenvalue weighted by Crippen LogP contribution is -2.57. The van der Waals surface area contributed by atoms with Gasteiger partial charge in [0.1, 0.15) is 18.1 Å². The Balaban J connectivity index is 2.99. The highest BCUT2D eigenvalue weighted by molar-refractivity contribution is 6.40. The van der Waals surface area contributed by atoms with Gasteiger partial charge in [0.2, 0.25) is 23.4 Å². The Kier molecular flexibility index (Phi) is 10.8. The highest BCUT2D eigenvalue weighted by Crippen LogP contribution is 2.16. The first kappa shape index (κ1) is 28.2. The van der Waals surface area contributed by atoms with Crippen LogP contribution in [0.4, 0.5) is 9.18 Å². The van der Waals surface area contributed by atoms with Crippen molar-refractivity contribution in [2.75, 3.05) is 6.67 Å². The zero-order valence-electron chi connectivity index (χ0n) is 19.0. The van der Waals surface area contributed by atoms with Gasteiger partial charge in [-0.25, -0.2) is 9.18 Å². The van der Waals surface area contributed by atoms with Gasteiger partial charge in [-0.3, -0.25) is 28.9 Å². The van der Waals surface area contributed by atoms with Gasteiger partial charge < -0.3 is 20.8 Å². The van der Waals surface area contributed by atoms with E-state index in [9.17, 15) is 38.3 Å². The number of rotatable bonds is 13. The highest BCUT2D eigenvalue weighted by Gasteiger charge is 2.35. The second kappa shape index (κ2) is 13.0. The minimum absolute atomic E-state index is 0.0897. The molecule has 0 fully saturated rings. The number of carboxylic acid groups (broad SMARTS) is 2. The highest BCUT2D eigenvalue weighted by atomic mass is 19.1. The van der Waals surface area contributed by atoms with Crippen molar-refractivity contribution < 1.29 is 43.4 Å². The molecule has 186 valence electrons. The van der Waals surface area contributed by atoms with Gasteiger partial charge in [0.15, 0.2) is 6.67 Å². The summed E-state index contributed by atoms with van der Waals surface area (Å²) in [6, 6.07) is 4.25. The van der Waals surface area contributed by atoms with Crippen molar-refractivity contribution in [3.63, 3.8) is 0 Å². The van der Waals surface area contributed by atoms with Crippen molar-refractivity contribution in [2.24, 2.45) is 5.92 Å². The van der Waals surface area contributed by atoms with Crippen LogP contribution < -0.4 is 10.6 Å². The molecule has 0 bridgehead atoms. The predicted molar refractivity (Wildman–Crippen MR) is 116 cm³/mol. The summed E-state index contributed by atoms with van der Waals surface area (Å²) in [5.41, 5.74) is 0.640. The van der Waals surface area contributed by atoms with Crippen LogP contribution >= 0.6 is 0 Å². The smallest absolute Gasteiger partial charge is 0.408 e. The fraction of sp³-hybridized carbons (Fsp3) is 0.455. The molecule has 0 saturated heterocycles. The Morgan fingerprint density at radius 2 is 1.53 bits per heavy atom. The van der Waals surface area contributed by atoms with Gasteiger partial charge >= 0.3 is 12.1 Å². The maximum absolute atomic E-state index is 12.9. The number of carbonyl (C=O) groups excluding carboxylic acids is 4.